The first-order valence-corrected chi connectivity index (χ1v) is 7.34. The number of nitrogens with zero attached hydrogens (tertiary/aromatic N) is 2. The molecular weight excluding hydrogens is 238 g/mol. The molecule has 1 aliphatic rings. The van der Waals surface area contributed by atoms with Crippen LogP contribution >= 0.6 is 0 Å². The molecule has 0 aromatic carbocycles. The van der Waals surface area contributed by atoms with E-state index < -0.39 is 0 Å². The van der Waals surface area contributed by atoms with Crippen molar-refractivity contribution in [3.63, 3.8) is 0 Å². The van der Waals surface area contributed by atoms with Gasteiger partial charge in [-0.1, -0.05) is 6.42 Å². The summed E-state index contributed by atoms with van der Waals surface area (Å²) in [5.74, 6) is 0.0807. The molecule has 0 radical (unpaired) electrons. The van der Waals surface area contributed by atoms with Crippen molar-refractivity contribution >= 4 is 5.91 Å². The van der Waals surface area contributed by atoms with Gasteiger partial charge in [-0.3, -0.25) is 4.79 Å². The van der Waals surface area contributed by atoms with Crippen molar-refractivity contribution in [3.8, 4) is 6.07 Å². The molecule has 0 aromatic rings. The van der Waals surface area contributed by atoms with Crippen LogP contribution in [0.1, 0.15) is 52.9 Å². The van der Waals surface area contributed by atoms with Crippen LogP contribution in [0.2, 0.25) is 0 Å². The molecule has 0 bridgehead atoms. The number of hydrogen-bond donors (Lipinski definition) is 1. The summed E-state index contributed by atoms with van der Waals surface area (Å²) < 4.78 is 0. The molecule has 0 saturated carbocycles. The fourth-order valence-corrected chi connectivity index (χ4v) is 2.55. The first kappa shape index (κ1) is 16.0. The Morgan fingerprint density at radius 1 is 1.37 bits per heavy atom. The molecule has 4 heteroatoms. The van der Waals surface area contributed by atoms with Gasteiger partial charge in [-0.2, -0.15) is 5.26 Å². The third-order valence-corrected chi connectivity index (χ3v) is 3.82. The zero-order chi connectivity index (χ0) is 14.3. The lowest BCUT2D eigenvalue weighted by molar-refractivity contribution is -0.119. The van der Waals surface area contributed by atoms with Gasteiger partial charge in [0.15, 0.2) is 0 Å². The number of nitrogens with one attached hydrogen (secondary N) is 1. The second kappa shape index (κ2) is 7.49. The van der Waals surface area contributed by atoms with Crippen LogP contribution in [0.5, 0.6) is 0 Å². The summed E-state index contributed by atoms with van der Waals surface area (Å²) in [5, 5.41) is 11.9. The van der Waals surface area contributed by atoms with Crippen LogP contribution in [0.3, 0.4) is 0 Å². The summed E-state index contributed by atoms with van der Waals surface area (Å²) in [6, 6.07) is 2.72. The lowest BCUT2D eigenvalue weighted by Gasteiger charge is -2.32. The minimum absolute atomic E-state index is 0.0807. The number of carbonyl (C=O) groups is 1. The van der Waals surface area contributed by atoms with Gasteiger partial charge in [0.25, 0.3) is 0 Å². The van der Waals surface area contributed by atoms with Gasteiger partial charge in [-0.05, 0) is 46.1 Å². The predicted molar refractivity (Wildman–Crippen MR) is 76.5 cm³/mol. The van der Waals surface area contributed by atoms with E-state index >= 15 is 0 Å². The standard InChI is InChI=1S/C15H27N3O/c1-13(19)17-14-6-10-18(11-7-14)9-5-4-8-15(2,3)12-16/h14H,4-11H2,1-3H3,(H,17,19). The third-order valence-electron chi connectivity index (χ3n) is 3.82. The van der Waals surface area contributed by atoms with Gasteiger partial charge < -0.3 is 10.2 Å². The largest absolute Gasteiger partial charge is 0.354 e. The Hall–Kier alpha value is -1.08. The Balaban J connectivity index is 2.10. The predicted octanol–water partition coefficient (Wildman–Crippen LogP) is 2.31. The average molecular weight is 265 g/mol. The number of nitriles is 1. The molecule has 1 saturated heterocycles. The molecule has 0 aliphatic carbocycles. The highest BCUT2D eigenvalue weighted by Gasteiger charge is 2.20. The van der Waals surface area contributed by atoms with Crippen molar-refractivity contribution in [3.05, 3.63) is 0 Å². The van der Waals surface area contributed by atoms with Crippen LogP contribution < -0.4 is 5.32 Å². The Bertz CT molecular complexity index is 325. The lowest BCUT2D eigenvalue weighted by Crippen LogP contribution is -2.44. The van der Waals surface area contributed by atoms with E-state index in [0.717, 1.165) is 51.7 Å². The third kappa shape index (κ3) is 6.58. The Labute approximate surface area is 117 Å². The number of rotatable bonds is 6. The molecule has 0 spiro atoms. The first-order valence-electron chi connectivity index (χ1n) is 7.34. The van der Waals surface area contributed by atoms with Gasteiger partial charge in [-0.15, -0.1) is 0 Å². The smallest absolute Gasteiger partial charge is 0.217 e. The summed E-state index contributed by atoms with van der Waals surface area (Å²) in [5.41, 5.74) is -0.182. The molecule has 1 N–H and O–H groups in total. The number of hydrogen-bond acceptors (Lipinski definition) is 3. The molecule has 1 aliphatic heterocycles. The van der Waals surface area contributed by atoms with Crippen LogP contribution in [-0.2, 0) is 4.79 Å². The summed E-state index contributed by atoms with van der Waals surface area (Å²) in [4.78, 5) is 13.4. The molecule has 108 valence electrons. The van der Waals surface area contributed by atoms with Gasteiger partial charge in [0.2, 0.25) is 5.91 Å². The Kier molecular flexibility index (Phi) is 6.30. The highest BCUT2D eigenvalue weighted by atomic mass is 16.1. The maximum atomic E-state index is 11.0. The molecule has 0 aromatic heterocycles. The topological polar surface area (TPSA) is 56.1 Å². The lowest BCUT2D eigenvalue weighted by atomic mass is 9.89. The number of piperidine rings is 1. The summed E-state index contributed by atoms with van der Waals surface area (Å²) in [6.45, 7) is 8.87. The van der Waals surface area contributed by atoms with Crippen molar-refractivity contribution in [2.24, 2.45) is 5.41 Å². The summed E-state index contributed by atoms with van der Waals surface area (Å²) >= 11 is 0. The minimum atomic E-state index is -0.182. The quantitative estimate of drug-likeness (QED) is 0.750. The maximum Gasteiger partial charge on any atom is 0.217 e. The molecule has 0 atom stereocenters. The zero-order valence-corrected chi connectivity index (χ0v) is 12.5. The van der Waals surface area contributed by atoms with Crippen molar-refractivity contribution in [1.82, 2.24) is 10.2 Å². The van der Waals surface area contributed by atoms with E-state index in [1.807, 2.05) is 13.8 Å². The number of amides is 1. The second-order valence-corrected chi connectivity index (χ2v) is 6.27. The van der Waals surface area contributed by atoms with Crippen LogP contribution in [-0.4, -0.2) is 36.5 Å². The van der Waals surface area contributed by atoms with Crippen LogP contribution in [0, 0.1) is 16.7 Å². The van der Waals surface area contributed by atoms with E-state index in [1.54, 1.807) is 6.92 Å². The molecule has 1 amide bonds. The highest BCUT2D eigenvalue weighted by Crippen LogP contribution is 2.22. The van der Waals surface area contributed by atoms with E-state index in [-0.39, 0.29) is 11.3 Å². The number of carbonyl (C=O) groups excluding carboxylic acids is 1. The SMILES string of the molecule is CC(=O)NC1CCN(CCCCC(C)(C)C#N)CC1. The van der Waals surface area contributed by atoms with E-state index in [1.165, 1.54) is 0 Å². The normalized spacial score (nSPS) is 18.0. The Morgan fingerprint density at radius 3 is 2.53 bits per heavy atom. The number of likely N-dealkylation sites (tertiary alicyclic amines) is 1. The van der Waals surface area contributed by atoms with Crippen LogP contribution in [0.15, 0.2) is 0 Å². The molecule has 1 fully saturated rings. The first-order chi connectivity index (χ1) is 8.93. The minimum Gasteiger partial charge on any atom is -0.354 e. The van der Waals surface area contributed by atoms with Gasteiger partial charge in [-0.25, -0.2) is 0 Å². The molecule has 19 heavy (non-hydrogen) atoms. The molecule has 1 rings (SSSR count). The van der Waals surface area contributed by atoms with Gasteiger partial charge in [0, 0.05) is 26.1 Å². The van der Waals surface area contributed by atoms with E-state index in [2.05, 4.69) is 16.3 Å². The van der Waals surface area contributed by atoms with Gasteiger partial charge in [0.1, 0.15) is 0 Å². The monoisotopic (exact) mass is 265 g/mol. The molecular formula is C15H27N3O. The van der Waals surface area contributed by atoms with Crippen LogP contribution in [0.4, 0.5) is 0 Å². The summed E-state index contributed by atoms with van der Waals surface area (Å²) in [6.07, 6.45) is 5.38. The molecule has 4 nitrogen and oxygen atoms in total. The second-order valence-electron chi connectivity index (χ2n) is 6.27. The fraction of sp³-hybridized carbons (Fsp3) is 0.867. The average Bonchev–Trinajstić information content (AvgIpc) is 2.36. The van der Waals surface area contributed by atoms with E-state index in [0.29, 0.717) is 6.04 Å². The summed E-state index contributed by atoms with van der Waals surface area (Å²) in [7, 11) is 0. The van der Waals surface area contributed by atoms with Crippen molar-refractivity contribution in [2.75, 3.05) is 19.6 Å². The molecule has 0 unspecified atom stereocenters. The number of unbranched alkanes of at least 4 members (excludes halogenated alkanes) is 1. The van der Waals surface area contributed by atoms with Gasteiger partial charge >= 0.3 is 0 Å². The van der Waals surface area contributed by atoms with Crippen molar-refractivity contribution < 1.29 is 4.79 Å². The Morgan fingerprint density at radius 2 is 2.00 bits per heavy atom. The maximum absolute atomic E-state index is 11.0. The fourth-order valence-electron chi connectivity index (χ4n) is 2.55. The van der Waals surface area contributed by atoms with Crippen LogP contribution in [0.25, 0.3) is 0 Å². The zero-order valence-electron chi connectivity index (χ0n) is 12.5. The molecule has 1 heterocycles. The highest BCUT2D eigenvalue weighted by molar-refractivity contribution is 5.73. The van der Waals surface area contributed by atoms with E-state index in [4.69, 9.17) is 5.26 Å². The van der Waals surface area contributed by atoms with Crippen molar-refractivity contribution in [1.29, 1.82) is 5.26 Å². The van der Waals surface area contributed by atoms with Crippen molar-refractivity contribution in [2.45, 2.75) is 58.9 Å². The van der Waals surface area contributed by atoms with Gasteiger partial charge in [0.05, 0.1) is 11.5 Å². The van der Waals surface area contributed by atoms with E-state index in [9.17, 15) is 4.79 Å².